The van der Waals surface area contributed by atoms with Crippen molar-refractivity contribution >= 4 is 27.6 Å². The molecule has 0 saturated carbocycles. The van der Waals surface area contributed by atoms with E-state index in [9.17, 15) is 4.79 Å². The molecule has 23 heavy (non-hydrogen) atoms. The number of H-pyrrole nitrogens is 1. The number of rotatable bonds is 2. The van der Waals surface area contributed by atoms with Crippen molar-refractivity contribution < 1.29 is 4.74 Å². The summed E-state index contributed by atoms with van der Waals surface area (Å²) in [6.07, 6.45) is 0. The maximum atomic E-state index is 12.3. The number of para-hydroxylation sites is 1. The predicted octanol–water partition coefficient (Wildman–Crippen LogP) is 1.85. The summed E-state index contributed by atoms with van der Waals surface area (Å²) in [6, 6.07) is 12.7. The van der Waals surface area contributed by atoms with Crippen LogP contribution in [-0.2, 0) is 0 Å². The molecule has 0 radical (unpaired) electrons. The molecular formula is C16H13N5O2. The number of pyridine rings is 2. The molecule has 0 spiro atoms. The molecule has 0 atom stereocenters. The summed E-state index contributed by atoms with van der Waals surface area (Å²) in [7, 11) is 1.53. The molecule has 0 fully saturated rings. The Kier molecular flexibility index (Phi) is 2.80. The molecule has 0 saturated heterocycles. The van der Waals surface area contributed by atoms with E-state index >= 15 is 0 Å². The molecule has 0 aliphatic rings. The number of hydrogen-bond donors (Lipinski definition) is 2. The van der Waals surface area contributed by atoms with Gasteiger partial charge in [-0.05, 0) is 12.1 Å². The number of nitrogens with zero attached hydrogens (tertiary/aromatic N) is 3. The molecule has 7 nitrogen and oxygen atoms in total. The van der Waals surface area contributed by atoms with Crippen LogP contribution in [0.3, 0.4) is 0 Å². The van der Waals surface area contributed by atoms with Crippen LogP contribution in [0.15, 0.2) is 47.3 Å². The third kappa shape index (κ3) is 1.94. The lowest BCUT2D eigenvalue weighted by Crippen LogP contribution is -2.08. The van der Waals surface area contributed by atoms with Crippen molar-refractivity contribution in [2.24, 2.45) is 0 Å². The molecular weight excluding hydrogens is 294 g/mol. The van der Waals surface area contributed by atoms with Crippen LogP contribution in [-0.4, -0.2) is 26.9 Å². The monoisotopic (exact) mass is 307 g/mol. The molecule has 7 heteroatoms. The van der Waals surface area contributed by atoms with E-state index in [0.717, 1.165) is 5.39 Å². The SMILES string of the molecule is COc1cccc(-n2nc3c(c2N)c(=O)[nH]c2ccccc23)n1. The Morgan fingerprint density at radius 1 is 1.17 bits per heavy atom. The van der Waals surface area contributed by atoms with Crippen molar-refractivity contribution in [1.82, 2.24) is 19.7 Å². The molecule has 0 aliphatic heterocycles. The van der Waals surface area contributed by atoms with Gasteiger partial charge >= 0.3 is 0 Å². The third-order valence-corrected chi connectivity index (χ3v) is 3.71. The van der Waals surface area contributed by atoms with Gasteiger partial charge in [-0.15, -0.1) is 0 Å². The van der Waals surface area contributed by atoms with Crippen LogP contribution in [0, 0.1) is 0 Å². The fourth-order valence-electron chi connectivity index (χ4n) is 2.64. The Hall–Kier alpha value is -3.35. The summed E-state index contributed by atoms with van der Waals surface area (Å²) in [5, 5.41) is 5.68. The van der Waals surface area contributed by atoms with Gasteiger partial charge in [-0.2, -0.15) is 14.8 Å². The first-order valence-corrected chi connectivity index (χ1v) is 6.99. The van der Waals surface area contributed by atoms with Gasteiger partial charge in [0.25, 0.3) is 5.56 Å². The molecule has 3 N–H and O–H groups in total. The second kappa shape index (κ2) is 4.84. The van der Waals surface area contributed by atoms with Crippen molar-refractivity contribution in [1.29, 1.82) is 0 Å². The molecule has 0 unspecified atom stereocenters. The fourth-order valence-corrected chi connectivity index (χ4v) is 2.64. The number of methoxy groups -OCH3 is 1. The second-order valence-corrected chi connectivity index (χ2v) is 5.06. The standard InChI is InChI=1S/C16H13N5O2/c1-23-12-8-4-7-11(19-12)21-15(17)13-14(20-21)9-5-2-3-6-10(9)18-16(13)22/h2-8H,17H2,1H3,(H,18,22). The zero-order valence-corrected chi connectivity index (χ0v) is 12.3. The highest BCUT2D eigenvalue weighted by Gasteiger charge is 2.17. The van der Waals surface area contributed by atoms with Gasteiger partial charge in [0, 0.05) is 11.5 Å². The zero-order chi connectivity index (χ0) is 16.0. The Morgan fingerprint density at radius 2 is 2.00 bits per heavy atom. The van der Waals surface area contributed by atoms with Gasteiger partial charge in [0.1, 0.15) is 16.7 Å². The Morgan fingerprint density at radius 3 is 2.83 bits per heavy atom. The summed E-state index contributed by atoms with van der Waals surface area (Å²) in [4.78, 5) is 19.5. The van der Waals surface area contributed by atoms with E-state index < -0.39 is 0 Å². The van der Waals surface area contributed by atoms with E-state index in [2.05, 4.69) is 15.1 Å². The van der Waals surface area contributed by atoms with Crippen molar-refractivity contribution in [3.8, 4) is 11.7 Å². The molecule has 4 aromatic rings. The summed E-state index contributed by atoms with van der Waals surface area (Å²) in [6.45, 7) is 0. The van der Waals surface area contributed by atoms with Crippen LogP contribution in [0.25, 0.3) is 27.6 Å². The highest BCUT2D eigenvalue weighted by Crippen LogP contribution is 2.26. The van der Waals surface area contributed by atoms with Crippen LogP contribution in [0.4, 0.5) is 5.82 Å². The fraction of sp³-hybridized carbons (Fsp3) is 0.0625. The van der Waals surface area contributed by atoms with Crippen LogP contribution in [0.1, 0.15) is 0 Å². The predicted molar refractivity (Wildman–Crippen MR) is 88.0 cm³/mol. The first-order valence-electron chi connectivity index (χ1n) is 6.99. The third-order valence-electron chi connectivity index (χ3n) is 3.71. The summed E-state index contributed by atoms with van der Waals surface area (Å²) < 4.78 is 6.58. The number of anilines is 1. The lowest BCUT2D eigenvalue weighted by molar-refractivity contribution is 0.397. The van der Waals surface area contributed by atoms with Crippen molar-refractivity contribution in [3.63, 3.8) is 0 Å². The molecule has 0 aliphatic carbocycles. The highest BCUT2D eigenvalue weighted by atomic mass is 16.5. The van der Waals surface area contributed by atoms with Gasteiger partial charge in [0.2, 0.25) is 5.88 Å². The molecule has 3 heterocycles. The number of nitrogens with two attached hydrogens (primary N) is 1. The molecule has 1 aromatic carbocycles. The topological polar surface area (TPSA) is 98.8 Å². The van der Waals surface area contributed by atoms with E-state index in [1.54, 1.807) is 18.2 Å². The van der Waals surface area contributed by atoms with Crippen LogP contribution >= 0.6 is 0 Å². The van der Waals surface area contributed by atoms with Crippen LogP contribution in [0.5, 0.6) is 5.88 Å². The minimum Gasteiger partial charge on any atom is -0.481 e. The number of fused-ring (bicyclic) bond motifs is 3. The maximum Gasteiger partial charge on any atom is 0.261 e. The first kappa shape index (κ1) is 13.3. The van der Waals surface area contributed by atoms with Gasteiger partial charge < -0.3 is 15.5 Å². The van der Waals surface area contributed by atoms with Gasteiger partial charge in [0.05, 0.1) is 12.6 Å². The smallest absolute Gasteiger partial charge is 0.261 e. The average molecular weight is 307 g/mol. The van der Waals surface area contributed by atoms with Gasteiger partial charge in [-0.3, -0.25) is 4.79 Å². The number of nitrogen functional groups attached to an aromatic ring is 1. The van der Waals surface area contributed by atoms with Crippen LogP contribution < -0.4 is 16.0 Å². The first-order chi connectivity index (χ1) is 11.2. The molecule has 0 amide bonds. The lowest BCUT2D eigenvalue weighted by Gasteiger charge is -2.04. The minimum absolute atomic E-state index is 0.243. The van der Waals surface area contributed by atoms with E-state index in [4.69, 9.17) is 10.5 Å². The number of hydrogen-bond acceptors (Lipinski definition) is 5. The number of benzene rings is 1. The van der Waals surface area contributed by atoms with E-state index in [0.29, 0.717) is 28.1 Å². The quantitative estimate of drug-likeness (QED) is 0.589. The minimum atomic E-state index is -0.273. The zero-order valence-electron chi connectivity index (χ0n) is 12.3. The highest BCUT2D eigenvalue weighted by molar-refractivity contribution is 6.06. The number of aromatic nitrogens is 4. The second-order valence-electron chi connectivity index (χ2n) is 5.06. The largest absolute Gasteiger partial charge is 0.481 e. The van der Waals surface area contributed by atoms with E-state index in [1.807, 2.05) is 24.3 Å². The van der Waals surface area contributed by atoms with E-state index in [1.165, 1.54) is 11.8 Å². The number of ether oxygens (including phenoxy) is 1. The number of aromatic amines is 1. The normalized spacial score (nSPS) is 11.2. The van der Waals surface area contributed by atoms with Crippen molar-refractivity contribution in [3.05, 3.63) is 52.8 Å². The molecule has 3 aromatic heterocycles. The molecule has 114 valence electrons. The Balaban J connectivity index is 2.09. The lowest BCUT2D eigenvalue weighted by atomic mass is 10.1. The van der Waals surface area contributed by atoms with Crippen LogP contribution in [0.2, 0.25) is 0 Å². The number of nitrogens with one attached hydrogen (secondary N) is 1. The Bertz CT molecular complexity index is 1100. The summed E-state index contributed by atoms with van der Waals surface area (Å²) >= 11 is 0. The molecule has 4 rings (SSSR count). The summed E-state index contributed by atoms with van der Waals surface area (Å²) in [5.74, 6) is 1.18. The van der Waals surface area contributed by atoms with Gasteiger partial charge in [0.15, 0.2) is 5.82 Å². The summed E-state index contributed by atoms with van der Waals surface area (Å²) in [5.41, 5.74) is 7.14. The van der Waals surface area contributed by atoms with Crippen molar-refractivity contribution in [2.75, 3.05) is 12.8 Å². The van der Waals surface area contributed by atoms with Gasteiger partial charge in [-0.1, -0.05) is 24.3 Å². The molecule has 0 bridgehead atoms. The van der Waals surface area contributed by atoms with Gasteiger partial charge in [-0.25, -0.2) is 0 Å². The maximum absolute atomic E-state index is 12.3. The van der Waals surface area contributed by atoms with Crippen molar-refractivity contribution in [2.45, 2.75) is 0 Å². The van der Waals surface area contributed by atoms with E-state index in [-0.39, 0.29) is 11.4 Å². The average Bonchev–Trinajstić information content (AvgIpc) is 2.93. The Labute approximate surface area is 130 Å².